The van der Waals surface area contributed by atoms with E-state index in [-0.39, 0.29) is 23.2 Å². The zero-order valence-corrected chi connectivity index (χ0v) is 12.9. The van der Waals surface area contributed by atoms with Crippen molar-refractivity contribution < 1.29 is 13.2 Å². The number of halogens is 1. The molecule has 0 atom stereocenters. The van der Waals surface area contributed by atoms with Crippen LogP contribution in [0, 0.1) is 0 Å². The van der Waals surface area contributed by atoms with Crippen LogP contribution in [0.2, 0.25) is 0 Å². The lowest BCUT2D eigenvalue weighted by Gasteiger charge is -2.05. The average molecular weight is 322 g/mol. The van der Waals surface area contributed by atoms with Gasteiger partial charge in [0.05, 0.1) is 4.90 Å². The molecule has 0 aliphatic heterocycles. The number of hydrogen-bond acceptors (Lipinski definition) is 4. The Morgan fingerprint density at radius 1 is 1.25 bits per heavy atom. The number of amides is 1. The van der Waals surface area contributed by atoms with Crippen LogP contribution < -0.4 is 15.8 Å². The highest BCUT2D eigenvalue weighted by Crippen LogP contribution is 2.11. The molecule has 1 amide bonds. The lowest BCUT2D eigenvalue weighted by atomic mass is 10.1. The van der Waals surface area contributed by atoms with Crippen LogP contribution in [0.25, 0.3) is 0 Å². The van der Waals surface area contributed by atoms with Crippen LogP contribution in [0.4, 0.5) is 0 Å². The van der Waals surface area contributed by atoms with Crippen LogP contribution >= 0.6 is 12.4 Å². The Hall–Kier alpha value is -1.15. The minimum Gasteiger partial charge on any atom is -0.355 e. The summed E-state index contributed by atoms with van der Waals surface area (Å²) in [4.78, 5) is 11.6. The van der Waals surface area contributed by atoms with Gasteiger partial charge < -0.3 is 11.1 Å². The number of carbonyl (C=O) groups is 1. The van der Waals surface area contributed by atoms with Crippen molar-refractivity contribution >= 4 is 28.3 Å². The molecule has 0 aromatic heterocycles. The van der Waals surface area contributed by atoms with Crippen molar-refractivity contribution in [3.05, 3.63) is 29.8 Å². The minimum absolute atomic E-state index is 0. The van der Waals surface area contributed by atoms with Crippen molar-refractivity contribution in [1.29, 1.82) is 0 Å². The van der Waals surface area contributed by atoms with Gasteiger partial charge in [0, 0.05) is 19.5 Å². The molecule has 6 nitrogen and oxygen atoms in total. The molecular weight excluding hydrogens is 302 g/mol. The molecule has 4 N–H and O–H groups in total. The van der Waals surface area contributed by atoms with Crippen molar-refractivity contribution in [2.24, 2.45) is 5.73 Å². The number of hydrogen-bond donors (Lipinski definition) is 3. The fourth-order valence-corrected chi connectivity index (χ4v) is 2.24. The number of rotatable bonds is 7. The van der Waals surface area contributed by atoms with Gasteiger partial charge in [0.1, 0.15) is 0 Å². The van der Waals surface area contributed by atoms with E-state index in [4.69, 9.17) is 5.73 Å². The van der Waals surface area contributed by atoms with E-state index in [1.54, 1.807) is 12.1 Å². The van der Waals surface area contributed by atoms with E-state index in [9.17, 15) is 13.2 Å². The zero-order valence-electron chi connectivity index (χ0n) is 11.3. The summed E-state index contributed by atoms with van der Waals surface area (Å²) in [6.07, 6.45) is 0.925. The van der Waals surface area contributed by atoms with Crippen molar-refractivity contribution in [3.8, 4) is 0 Å². The summed E-state index contributed by atoms with van der Waals surface area (Å²) >= 11 is 0. The highest BCUT2D eigenvalue weighted by Gasteiger charge is 2.10. The summed E-state index contributed by atoms with van der Waals surface area (Å²) in [5, 5.41) is 2.68. The SMILES string of the molecule is CNS(=O)(=O)c1ccc(CCC(=O)NCCN)cc1.Cl. The average Bonchev–Trinajstić information content (AvgIpc) is 2.43. The topological polar surface area (TPSA) is 101 Å². The smallest absolute Gasteiger partial charge is 0.240 e. The number of aryl methyl sites for hydroxylation is 1. The first-order valence-corrected chi connectivity index (χ1v) is 7.47. The molecule has 1 aromatic rings. The Bertz CT molecular complexity index is 517. The third-order valence-electron chi connectivity index (χ3n) is 2.61. The maximum atomic E-state index is 11.5. The normalized spacial score (nSPS) is 10.7. The molecule has 0 bridgehead atoms. The molecule has 0 aliphatic rings. The largest absolute Gasteiger partial charge is 0.355 e. The quantitative estimate of drug-likeness (QED) is 0.659. The molecule has 0 unspecified atom stereocenters. The maximum absolute atomic E-state index is 11.5. The second-order valence-electron chi connectivity index (χ2n) is 3.99. The van der Waals surface area contributed by atoms with E-state index >= 15 is 0 Å². The first kappa shape index (κ1) is 18.9. The molecule has 0 aliphatic carbocycles. The van der Waals surface area contributed by atoms with Gasteiger partial charge >= 0.3 is 0 Å². The molecule has 8 heteroatoms. The summed E-state index contributed by atoms with van der Waals surface area (Å²) in [5.41, 5.74) is 6.19. The van der Waals surface area contributed by atoms with Gasteiger partial charge in [-0.2, -0.15) is 0 Å². The molecule has 114 valence electrons. The molecule has 20 heavy (non-hydrogen) atoms. The third-order valence-corrected chi connectivity index (χ3v) is 4.04. The molecule has 1 rings (SSSR count). The van der Waals surface area contributed by atoms with Crippen LogP contribution in [-0.2, 0) is 21.2 Å². The van der Waals surface area contributed by atoms with Gasteiger partial charge in [-0.3, -0.25) is 4.79 Å². The van der Waals surface area contributed by atoms with Crippen LogP contribution in [-0.4, -0.2) is 34.5 Å². The Labute approximate surface area is 125 Å². The molecule has 0 spiro atoms. The predicted octanol–water partition coefficient (Wildman–Crippen LogP) is 0.0240. The highest BCUT2D eigenvalue weighted by atomic mass is 35.5. The summed E-state index contributed by atoms with van der Waals surface area (Å²) in [7, 11) is -2.04. The number of sulfonamides is 1. The zero-order chi connectivity index (χ0) is 14.3. The van der Waals surface area contributed by atoms with Crippen LogP contribution in [0.5, 0.6) is 0 Å². The molecular formula is C12H20ClN3O3S. The first-order valence-electron chi connectivity index (χ1n) is 5.99. The van der Waals surface area contributed by atoms with Crippen molar-refractivity contribution in [2.75, 3.05) is 20.1 Å². The van der Waals surface area contributed by atoms with Crippen molar-refractivity contribution in [3.63, 3.8) is 0 Å². The van der Waals surface area contributed by atoms with Gasteiger partial charge in [0.15, 0.2) is 0 Å². The fourth-order valence-electron chi connectivity index (χ4n) is 1.51. The number of benzene rings is 1. The number of nitrogens with two attached hydrogens (primary N) is 1. The second kappa shape index (κ2) is 8.91. The molecule has 0 fully saturated rings. The summed E-state index contributed by atoms with van der Waals surface area (Å²) < 4.78 is 25.3. The van der Waals surface area contributed by atoms with Crippen molar-refractivity contribution in [2.45, 2.75) is 17.7 Å². The minimum atomic E-state index is -3.40. The summed E-state index contributed by atoms with van der Waals surface area (Å²) in [6.45, 7) is 0.889. The molecule has 0 heterocycles. The van der Waals surface area contributed by atoms with E-state index in [0.29, 0.717) is 25.9 Å². The lowest BCUT2D eigenvalue weighted by Crippen LogP contribution is -2.29. The highest BCUT2D eigenvalue weighted by molar-refractivity contribution is 7.89. The van der Waals surface area contributed by atoms with Gasteiger partial charge in [-0.25, -0.2) is 13.1 Å². The Kier molecular flexibility index (Phi) is 8.40. The fraction of sp³-hybridized carbons (Fsp3) is 0.417. The van der Waals surface area contributed by atoms with E-state index in [2.05, 4.69) is 10.0 Å². The Morgan fingerprint density at radius 3 is 2.35 bits per heavy atom. The van der Waals surface area contributed by atoms with Crippen LogP contribution in [0.15, 0.2) is 29.2 Å². The van der Waals surface area contributed by atoms with Crippen LogP contribution in [0.1, 0.15) is 12.0 Å². The van der Waals surface area contributed by atoms with Gasteiger partial charge in [-0.05, 0) is 31.2 Å². The van der Waals surface area contributed by atoms with E-state index in [1.165, 1.54) is 19.2 Å². The molecule has 1 aromatic carbocycles. The molecule has 0 saturated heterocycles. The number of nitrogens with one attached hydrogen (secondary N) is 2. The third kappa shape index (κ3) is 5.87. The molecule has 0 saturated carbocycles. The van der Waals surface area contributed by atoms with Crippen molar-refractivity contribution in [1.82, 2.24) is 10.0 Å². The standard InChI is InChI=1S/C12H19N3O3S.ClH/c1-14-19(17,18)11-5-2-10(3-6-11)4-7-12(16)15-9-8-13;/h2-3,5-6,14H,4,7-9,13H2,1H3,(H,15,16);1H. The number of carbonyl (C=O) groups excluding carboxylic acids is 1. The van der Waals surface area contributed by atoms with Gasteiger partial charge in [0.2, 0.25) is 15.9 Å². The van der Waals surface area contributed by atoms with Gasteiger partial charge in [-0.1, -0.05) is 12.1 Å². The van der Waals surface area contributed by atoms with Crippen LogP contribution in [0.3, 0.4) is 0 Å². The lowest BCUT2D eigenvalue weighted by molar-refractivity contribution is -0.120. The van der Waals surface area contributed by atoms with Gasteiger partial charge in [0.25, 0.3) is 0 Å². The van der Waals surface area contributed by atoms with Gasteiger partial charge in [-0.15, -0.1) is 12.4 Å². The maximum Gasteiger partial charge on any atom is 0.240 e. The van der Waals surface area contributed by atoms with E-state index in [0.717, 1.165) is 5.56 Å². The predicted molar refractivity (Wildman–Crippen MR) is 80.3 cm³/mol. The Balaban J connectivity index is 0.00000361. The Morgan fingerprint density at radius 2 is 1.85 bits per heavy atom. The summed E-state index contributed by atoms with van der Waals surface area (Å²) in [5.74, 6) is -0.0580. The monoisotopic (exact) mass is 321 g/mol. The second-order valence-corrected chi connectivity index (χ2v) is 5.88. The van der Waals surface area contributed by atoms with E-state index < -0.39 is 10.0 Å². The first-order chi connectivity index (χ1) is 8.99. The van der Waals surface area contributed by atoms with E-state index in [1.807, 2.05) is 0 Å². The summed E-state index contributed by atoms with van der Waals surface area (Å²) in [6, 6.07) is 6.47. The molecule has 0 radical (unpaired) electrons.